The molecule has 0 aliphatic carbocycles. The molecule has 0 bridgehead atoms. The molecule has 0 spiro atoms. The molecule has 0 radical (unpaired) electrons. The predicted molar refractivity (Wildman–Crippen MR) is 185 cm³/mol. The Morgan fingerprint density at radius 1 is 0.918 bits per heavy atom. The fourth-order valence-electron chi connectivity index (χ4n) is 6.85. The number of likely N-dealkylation sites (tertiary alicyclic amines) is 2. The third-order valence-electron chi connectivity index (χ3n) is 9.38. The number of pyridine rings is 1. The molecule has 2 fully saturated rings. The van der Waals surface area contributed by atoms with E-state index in [0.717, 1.165) is 17.5 Å². The maximum atomic E-state index is 14.1. The Morgan fingerprint density at radius 3 is 2.31 bits per heavy atom. The van der Waals surface area contributed by atoms with Crippen molar-refractivity contribution in [3.63, 3.8) is 0 Å². The summed E-state index contributed by atoms with van der Waals surface area (Å²) in [4.78, 5) is 62.4. The lowest BCUT2D eigenvalue weighted by Gasteiger charge is -2.39. The van der Waals surface area contributed by atoms with Crippen LogP contribution in [0.5, 0.6) is 11.5 Å². The number of benzene rings is 2. The fraction of sp³-hybridized carbons (Fsp3) is 0.447. The maximum Gasteiger partial charge on any atom is 0.272 e. The summed E-state index contributed by atoms with van der Waals surface area (Å²) in [6, 6.07) is 17.9. The predicted octanol–water partition coefficient (Wildman–Crippen LogP) is 3.90. The van der Waals surface area contributed by atoms with Crippen LogP contribution < -0.4 is 20.1 Å². The van der Waals surface area contributed by atoms with Crippen LogP contribution in [0, 0.1) is 24.7 Å². The number of nitrogens with zero attached hydrogens (tertiary/aromatic N) is 3. The van der Waals surface area contributed by atoms with Crippen molar-refractivity contribution in [3.05, 3.63) is 89.2 Å². The molecule has 2 aromatic carbocycles. The van der Waals surface area contributed by atoms with Gasteiger partial charge in [0.25, 0.3) is 11.8 Å². The van der Waals surface area contributed by atoms with E-state index in [1.165, 1.54) is 7.11 Å². The van der Waals surface area contributed by atoms with E-state index < -0.39 is 12.0 Å². The molecule has 49 heavy (non-hydrogen) atoms. The standard InChI is InChI=1S/C38H47N5O6/c1-24(2)49-33-17-15-27(18-34(33)48-5)37(46)42-20-28-21-43(38(47)32-16-14-25(3)19-40-32)23-30(29(28)22-42)35(44)41-31(36(45)39-4)13-9-12-26-10-7-6-8-11-26/h6-8,10-11,14-19,24,28-31H,9,12-13,20-23H2,1-5H3,(H,39,45)(H,41,44)/t28?,29?,30?,31-/m0/s1. The molecule has 5 rings (SSSR count). The van der Waals surface area contributed by atoms with Crippen molar-refractivity contribution in [1.29, 1.82) is 0 Å². The second-order valence-corrected chi connectivity index (χ2v) is 13.3. The molecule has 3 aromatic rings. The number of rotatable bonds is 12. The zero-order chi connectivity index (χ0) is 35.1. The number of piperidine rings is 1. The van der Waals surface area contributed by atoms with Gasteiger partial charge in [0.05, 0.1) is 19.1 Å². The van der Waals surface area contributed by atoms with E-state index in [4.69, 9.17) is 9.47 Å². The zero-order valence-electron chi connectivity index (χ0n) is 29.0. The number of aryl methyl sites for hydroxylation is 2. The molecule has 2 aliphatic rings. The third-order valence-corrected chi connectivity index (χ3v) is 9.38. The minimum atomic E-state index is -0.734. The Bertz CT molecular complexity index is 1630. The summed E-state index contributed by atoms with van der Waals surface area (Å²) in [5.74, 6) is -1.01. The highest BCUT2D eigenvalue weighted by Crippen LogP contribution is 2.37. The van der Waals surface area contributed by atoms with E-state index >= 15 is 0 Å². The number of likely N-dealkylation sites (N-methyl/N-ethyl adjacent to an activating group) is 1. The first-order chi connectivity index (χ1) is 23.6. The molecule has 260 valence electrons. The largest absolute Gasteiger partial charge is 0.493 e. The Kier molecular flexibility index (Phi) is 11.5. The first-order valence-electron chi connectivity index (χ1n) is 17.0. The lowest BCUT2D eigenvalue weighted by Crippen LogP contribution is -2.56. The summed E-state index contributed by atoms with van der Waals surface area (Å²) >= 11 is 0. The van der Waals surface area contributed by atoms with Crippen LogP contribution in [0.4, 0.5) is 0 Å². The highest BCUT2D eigenvalue weighted by Gasteiger charge is 2.48. The van der Waals surface area contributed by atoms with Gasteiger partial charge in [0, 0.05) is 45.0 Å². The molecule has 4 atom stereocenters. The van der Waals surface area contributed by atoms with Crippen LogP contribution in [-0.2, 0) is 16.0 Å². The first-order valence-corrected chi connectivity index (χ1v) is 17.0. The molecular formula is C38H47N5O6. The lowest BCUT2D eigenvalue weighted by molar-refractivity contribution is -0.133. The maximum absolute atomic E-state index is 14.1. The summed E-state index contributed by atoms with van der Waals surface area (Å²) in [5.41, 5.74) is 2.84. The number of fused-ring (bicyclic) bond motifs is 1. The number of hydrogen-bond acceptors (Lipinski definition) is 7. The Morgan fingerprint density at radius 2 is 1.65 bits per heavy atom. The van der Waals surface area contributed by atoms with Crippen LogP contribution in [0.1, 0.15) is 58.7 Å². The molecule has 11 heteroatoms. The van der Waals surface area contributed by atoms with Crippen molar-refractivity contribution in [2.45, 2.75) is 52.2 Å². The molecule has 3 unspecified atom stereocenters. The molecular weight excluding hydrogens is 622 g/mol. The summed E-state index contributed by atoms with van der Waals surface area (Å²) in [6.07, 6.45) is 3.52. The molecule has 2 N–H and O–H groups in total. The third kappa shape index (κ3) is 8.57. The number of hydrogen-bond donors (Lipinski definition) is 2. The number of ether oxygens (including phenoxy) is 2. The molecule has 11 nitrogen and oxygen atoms in total. The van der Waals surface area contributed by atoms with E-state index in [9.17, 15) is 19.2 Å². The molecule has 2 aliphatic heterocycles. The van der Waals surface area contributed by atoms with Gasteiger partial charge in [-0.2, -0.15) is 0 Å². The van der Waals surface area contributed by atoms with E-state index in [1.54, 1.807) is 47.3 Å². The van der Waals surface area contributed by atoms with E-state index in [1.807, 2.05) is 57.2 Å². The molecule has 3 heterocycles. The number of amides is 4. The summed E-state index contributed by atoms with van der Waals surface area (Å²) in [5, 5.41) is 5.70. The molecule has 2 saturated heterocycles. The van der Waals surface area contributed by atoms with Crippen LogP contribution in [0.3, 0.4) is 0 Å². The SMILES string of the molecule is CNC(=O)[C@H](CCCc1ccccc1)NC(=O)C1CN(C(=O)c2ccc(C)cn2)CC2CN(C(=O)c3ccc(OC(C)C)c(OC)c3)CC21. The summed E-state index contributed by atoms with van der Waals surface area (Å²) in [6.45, 7) is 7.00. The van der Waals surface area contributed by atoms with Crippen LogP contribution >= 0.6 is 0 Å². The van der Waals surface area contributed by atoms with Gasteiger partial charge >= 0.3 is 0 Å². The topological polar surface area (TPSA) is 130 Å². The van der Waals surface area contributed by atoms with Crippen molar-refractivity contribution in [2.24, 2.45) is 17.8 Å². The molecule has 0 saturated carbocycles. The van der Waals surface area contributed by atoms with Gasteiger partial charge in [-0.3, -0.25) is 24.2 Å². The number of carbonyl (C=O) groups excluding carboxylic acids is 4. The van der Waals surface area contributed by atoms with E-state index in [2.05, 4.69) is 15.6 Å². The Balaban J connectivity index is 1.36. The lowest BCUT2D eigenvalue weighted by atomic mass is 9.79. The number of nitrogens with one attached hydrogen (secondary N) is 2. The molecule has 4 amide bonds. The minimum absolute atomic E-state index is 0.0622. The van der Waals surface area contributed by atoms with Gasteiger partial charge in [-0.25, -0.2) is 0 Å². The number of methoxy groups -OCH3 is 1. The van der Waals surface area contributed by atoms with Gasteiger partial charge < -0.3 is 29.9 Å². The quantitative estimate of drug-likeness (QED) is 0.299. The zero-order valence-corrected chi connectivity index (χ0v) is 29.0. The Hall–Kier alpha value is -4.93. The first kappa shape index (κ1) is 35.4. The van der Waals surface area contributed by atoms with Crippen molar-refractivity contribution in [1.82, 2.24) is 25.4 Å². The fourth-order valence-corrected chi connectivity index (χ4v) is 6.85. The highest BCUT2D eigenvalue weighted by molar-refractivity contribution is 5.96. The normalized spacial score (nSPS) is 19.2. The van der Waals surface area contributed by atoms with Gasteiger partial charge in [-0.1, -0.05) is 36.4 Å². The second-order valence-electron chi connectivity index (χ2n) is 13.3. The monoisotopic (exact) mass is 669 g/mol. The van der Waals surface area contributed by atoms with E-state index in [-0.39, 0.29) is 48.1 Å². The molecule has 1 aromatic heterocycles. The van der Waals surface area contributed by atoms with Crippen molar-refractivity contribution >= 4 is 23.6 Å². The van der Waals surface area contributed by atoms with Crippen LogP contribution in [0.2, 0.25) is 0 Å². The highest BCUT2D eigenvalue weighted by atomic mass is 16.5. The van der Waals surface area contributed by atoms with Crippen molar-refractivity contribution in [2.75, 3.05) is 40.3 Å². The second kappa shape index (κ2) is 16.0. The summed E-state index contributed by atoms with van der Waals surface area (Å²) < 4.78 is 11.3. The summed E-state index contributed by atoms with van der Waals surface area (Å²) in [7, 11) is 3.09. The Labute approximate surface area is 288 Å². The van der Waals surface area contributed by atoms with Crippen LogP contribution in [0.25, 0.3) is 0 Å². The van der Waals surface area contributed by atoms with Crippen molar-refractivity contribution < 1.29 is 28.7 Å². The van der Waals surface area contributed by atoms with Gasteiger partial charge in [-0.15, -0.1) is 0 Å². The van der Waals surface area contributed by atoms with Crippen molar-refractivity contribution in [3.8, 4) is 11.5 Å². The average molecular weight is 670 g/mol. The van der Waals surface area contributed by atoms with Gasteiger partial charge in [0.15, 0.2) is 11.5 Å². The van der Waals surface area contributed by atoms with Gasteiger partial charge in [0.1, 0.15) is 11.7 Å². The van der Waals surface area contributed by atoms with Crippen LogP contribution in [-0.4, -0.2) is 90.9 Å². The van der Waals surface area contributed by atoms with Crippen LogP contribution in [0.15, 0.2) is 66.9 Å². The van der Waals surface area contributed by atoms with Gasteiger partial charge in [-0.05, 0) is 87.3 Å². The van der Waals surface area contributed by atoms with E-state index in [0.29, 0.717) is 55.2 Å². The average Bonchev–Trinajstić information content (AvgIpc) is 3.55. The van der Waals surface area contributed by atoms with Gasteiger partial charge in [0.2, 0.25) is 11.8 Å². The number of carbonyl (C=O) groups is 4. The smallest absolute Gasteiger partial charge is 0.272 e. The number of aromatic nitrogens is 1. The minimum Gasteiger partial charge on any atom is -0.493 e.